The van der Waals surface area contributed by atoms with E-state index in [0.29, 0.717) is 18.9 Å². The second kappa shape index (κ2) is 9.79. The number of Topliss-reactive ketones (excluding diaryl/α,β-unsaturated/α-hetero) is 1. The molecule has 0 bridgehead atoms. The van der Waals surface area contributed by atoms with Crippen LogP contribution in [0.4, 0.5) is 5.95 Å². The summed E-state index contributed by atoms with van der Waals surface area (Å²) < 4.78 is 11.0. The van der Waals surface area contributed by atoms with Gasteiger partial charge in [0.05, 0.1) is 5.41 Å². The molecule has 0 spiro atoms. The van der Waals surface area contributed by atoms with E-state index in [2.05, 4.69) is 53.0 Å². The smallest absolute Gasteiger partial charge is 0.294 e. The zero-order valence-electron chi connectivity index (χ0n) is 19.5. The third-order valence-electron chi connectivity index (χ3n) is 6.82. The van der Waals surface area contributed by atoms with Gasteiger partial charge in [0, 0.05) is 37.1 Å². The molecule has 1 saturated heterocycles. The van der Waals surface area contributed by atoms with Gasteiger partial charge in [-0.3, -0.25) is 4.79 Å². The number of ketones is 1. The summed E-state index contributed by atoms with van der Waals surface area (Å²) in [5.41, 5.74) is 7.98. The first kappa shape index (κ1) is 23.0. The molecule has 8 nitrogen and oxygen atoms in total. The van der Waals surface area contributed by atoms with Crippen molar-refractivity contribution in [2.24, 2.45) is 11.8 Å². The van der Waals surface area contributed by atoms with Gasteiger partial charge in [0.15, 0.2) is 5.82 Å². The number of benzene rings is 1. The Morgan fingerprint density at radius 2 is 1.79 bits per heavy atom. The van der Waals surface area contributed by atoms with E-state index in [0.717, 1.165) is 42.6 Å². The summed E-state index contributed by atoms with van der Waals surface area (Å²) in [6.45, 7) is 7.67. The number of nitrogen functional groups attached to an aromatic ring is 1. The molecule has 1 aliphatic heterocycles. The van der Waals surface area contributed by atoms with E-state index in [4.69, 9.17) is 15.0 Å². The van der Waals surface area contributed by atoms with E-state index in [9.17, 15) is 4.79 Å². The van der Waals surface area contributed by atoms with Crippen LogP contribution in [-0.2, 0) is 10.2 Å². The minimum absolute atomic E-state index is 0.0796. The molecular formula is C25H31N5O3. The highest BCUT2D eigenvalue weighted by molar-refractivity contribution is 5.93. The number of nitrogens with two attached hydrogens (primary N) is 1. The Bertz CT molecular complexity index is 1070. The van der Waals surface area contributed by atoms with Gasteiger partial charge in [-0.15, -0.1) is 0 Å². The van der Waals surface area contributed by atoms with Gasteiger partial charge in [-0.1, -0.05) is 49.7 Å². The molecule has 33 heavy (non-hydrogen) atoms. The van der Waals surface area contributed by atoms with Crippen LogP contribution in [0.15, 0.2) is 41.2 Å². The largest absolute Gasteiger partial charge is 0.381 e. The molecule has 1 fully saturated rings. The molecule has 3 heterocycles. The average Bonchev–Trinajstić information content (AvgIpc) is 3.29. The predicted octanol–water partition coefficient (Wildman–Crippen LogP) is 4.46. The topological polar surface area (TPSA) is 117 Å². The van der Waals surface area contributed by atoms with Gasteiger partial charge in [-0.05, 0) is 43.2 Å². The molecule has 1 aliphatic rings. The van der Waals surface area contributed by atoms with Crippen molar-refractivity contribution >= 4 is 11.7 Å². The number of anilines is 1. The van der Waals surface area contributed by atoms with Crippen molar-refractivity contribution in [2.45, 2.75) is 51.9 Å². The minimum atomic E-state index is -0.526. The highest BCUT2D eigenvalue weighted by Gasteiger charge is 2.38. The first-order valence-corrected chi connectivity index (χ1v) is 11.5. The van der Waals surface area contributed by atoms with E-state index < -0.39 is 5.41 Å². The van der Waals surface area contributed by atoms with Crippen LogP contribution >= 0.6 is 0 Å². The number of ether oxygens (including phenoxy) is 1. The second-order valence-corrected chi connectivity index (χ2v) is 9.15. The molecule has 2 unspecified atom stereocenters. The first-order valence-electron chi connectivity index (χ1n) is 11.5. The van der Waals surface area contributed by atoms with Crippen molar-refractivity contribution in [3.05, 3.63) is 53.9 Å². The highest BCUT2D eigenvalue weighted by atomic mass is 16.5. The van der Waals surface area contributed by atoms with Crippen molar-refractivity contribution < 1.29 is 14.1 Å². The molecule has 1 aromatic carbocycles. The van der Waals surface area contributed by atoms with Crippen LogP contribution < -0.4 is 5.73 Å². The number of nitrogens with zero attached hydrogens (tertiary/aromatic N) is 4. The Morgan fingerprint density at radius 1 is 1.06 bits per heavy atom. The number of carbonyl (C=O) groups excluding carboxylic acids is 1. The van der Waals surface area contributed by atoms with Gasteiger partial charge in [0.1, 0.15) is 0 Å². The van der Waals surface area contributed by atoms with Crippen LogP contribution in [0.1, 0.15) is 68.5 Å². The zero-order chi connectivity index (χ0) is 23.4. The van der Waals surface area contributed by atoms with Gasteiger partial charge in [-0.25, -0.2) is 9.97 Å². The Kier molecular flexibility index (Phi) is 6.83. The fourth-order valence-electron chi connectivity index (χ4n) is 4.25. The standard InChI is InChI=1S/C25H31N5O3/c1-16(2)25(3,20-9-7-17(8-10-20)19-14-27-24(26)28-15-19)23-29-22(33-30-23)21(31)18-6-4-5-12-32-13-11-18/h7-10,14-16,18H,4-6,11-13H2,1-3H3,(H2,26,27,28). The van der Waals surface area contributed by atoms with Gasteiger partial charge in [0.25, 0.3) is 5.89 Å². The lowest BCUT2D eigenvalue weighted by atomic mass is 9.72. The van der Waals surface area contributed by atoms with Crippen molar-refractivity contribution in [3.63, 3.8) is 0 Å². The molecule has 4 rings (SSSR count). The fourth-order valence-corrected chi connectivity index (χ4v) is 4.25. The molecule has 0 radical (unpaired) electrons. The Hall–Kier alpha value is -3.13. The van der Waals surface area contributed by atoms with Crippen molar-refractivity contribution in [2.75, 3.05) is 18.9 Å². The summed E-state index contributed by atoms with van der Waals surface area (Å²) in [6, 6.07) is 8.14. The lowest BCUT2D eigenvalue weighted by Gasteiger charge is -2.31. The van der Waals surface area contributed by atoms with Crippen molar-refractivity contribution in [1.29, 1.82) is 0 Å². The maximum Gasteiger partial charge on any atom is 0.294 e. The molecule has 2 aromatic heterocycles. The molecular weight excluding hydrogens is 418 g/mol. The summed E-state index contributed by atoms with van der Waals surface area (Å²) in [6.07, 6.45) is 6.87. The summed E-state index contributed by atoms with van der Waals surface area (Å²) in [5.74, 6) is 0.815. The van der Waals surface area contributed by atoms with Crippen molar-refractivity contribution in [1.82, 2.24) is 20.1 Å². The lowest BCUT2D eigenvalue weighted by molar-refractivity contribution is 0.0718. The van der Waals surface area contributed by atoms with Crippen LogP contribution in [0, 0.1) is 11.8 Å². The number of rotatable bonds is 6. The normalized spacial score (nSPS) is 19.0. The van der Waals surface area contributed by atoms with Gasteiger partial charge >= 0.3 is 0 Å². The number of hydrogen-bond donors (Lipinski definition) is 1. The maximum absolute atomic E-state index is 13.1. The average molecular weight is 450 g/mol. The summed E-state index contributed by atoms with van der Waals surface area (Å²) in [7, 11) is 0. The van der Waals surface area contributed by atoms with E-state index in [1.807, 2.05) is 12.1 Å². The van der Waals surface area contributed by atoms with Crippen molar-refractivity contribution in [3.8, 4) is 11.1 Å². The van der Waals surface area contributed by atoms with Crippen LogP contribution in [0.2, 0.25) is 0 Å². The number of hydrogen-bond acceptors (Lipinski definition) is 8. The maximum atomic E-state index is 13.1. The summed E-state index contributed by atoms with van der Waals surface area (Å²) in [4.78, 5) is 25.8. The SMILES string of the molecule is CC(C)C(C)(c1ccc(-c2cnc(N)nc2)cc1)c1noc(C(=O)C2CCCCOCC2)n1. The Labute approximate surface area is 194 Å². The summed E-state index contributed by atoms with van der Waals surface area (Å²) in [5, 5.41) is 4.26. The Balaban J connectivity index is 1.59. The molecule has 174 valence electrons. The zero-order valence-corrected chi connectivity index (χ0v) is 19.5. The molecule has 0 saturated carbocycles. The minimum Gasteiger partial charge on any atom is -0.381 e. The summed E-state index contributed by atoms with van der Waals surface area (Å²) >= 11 is 0. The fraction of sp³-hybridized carbons (Fsp3) is 0.480. The van der Waals surface area contributed by atoms with E-state index in [1.165, 1.54) is 0 Å². The van der Waals surface area contributed by atoms with Crippen LogP contribution in [0.5, 0.6) is 0 Å². The lowest BCUT2D eigenvalue weighted by Crippen LogP contribution is -2.31. The molecule has 8 heteroatoms. The molecule has 0 amide bonds. The third-order valence-corrected chi connectivity index (χ3v) is 6.82. The Morgan fingerprint density at radius 3 is 2.48 bits per heavy atom. The quantitative estimate of drug-likeness (QED) is 0.548. The van der Waals surface area contributed by atoms with Crippen LogP contribution in [0.3, 0.4) is 0 Å². The van der Waals surface area contributed by atoms with E-state index in [-0.39, 0.29) is 29.5 Å². The van der Waals surface area contributed by atoms with E-state index >= 15 is 0 Å². The number of aromatic nitrogens is 4. The van der Waals surface area contributed by atoms with Gasteiger partial charge < -0.3 is 15.0 Å². The second-order valence-electron chi connectivity index (χ2n) is 9.15. The third kappa shape index (κ3) is 4.80. The predicted molar refractivity (Wildman–Crippen MR) is 125 cm³/mol. The van der Waals surface area contributed by atoms with Gasteiger partial charge in [0.2, 0.25) is 11.7 Å². The highest BCUT2D eigenvalue weighted by Crippen LogP contribution is 2.38. The monoisotopic (exact) mass is 449 g/mol. The van der Waals surface area contributed by atoms with Crippen LogP contribution in [0.25, 0.3) is 11.1 Å². The molecule has 2 atom stereocenters. The molecule has 0 aliphatic carbocycles. The van der Waals surface area contributed by atoms with Crippen LogP contribution in [-0.4, -0.2) is 39.1 Å². The molecule has 3 aromatic rings. The van der Waals surface area contributed by atoms with Gasteiger partial charge in [-0.2, -0.15) is 4.98 Å². The first-order chi connectivity index (χ1) is 15.9. The molecule has 2 N–H and O–H groups in total. The number of carbonyl (C=O) groups is 1. The van der Waals surface area contributed by atoms with E-state index in [1.54, 1.807) is 12.4 Å².